The molecule has 0 N–H and O–H groups in total. The molecule has 0 saturated heterocycles. The van der Waals surface area contributed by atoms with Gasteiger partial charge in [-0.25, -0.2) is 4.79 Å². The first-order chi connectivity index (χ1) is 13.2. The van der Waals surface area contributed by atoms with Crippen LogP contribution in [0.25, 0.3) is 0 Å². The van der Waals surface area contributed by atoms with Gasteiger partial charge in [0.25, 0.3) is 0 Å². The van der Waals surface area contributed by atoms with Crippen LogP contribution in [-0.2, 0) is 16.0 Å². The third kappa shape index (κ3) is 5.70. The molecular weight excluding hydrogens is 332 g/mol. The summed E-state index contributed by atoms with van der Waals surface area (Å²) in [5, 5.41) is 0. The fraction of sp³-hybridized carbons (Fsp3) is 0.640. The lowest BCUT2D eigenvalue weighted by Crippen LogP contribution is -2.29. The largest absolute Gasteiger partial charge is 0.459 e. The van der Waals surface area contributed by atoms with E-state index in [9.17, 15) is 4.79 Å². The van der Waals surface area contributed by atoms with E-state index < -0.39 is 0 Å². The molecule has 0 aromatic heterocycles. The minimum absolute atomic E-state index is 0.142. The van der Waals surface area contributed by atoms with Gasteiger partial charge in [0, 0.05) is 6.08 Å². The predicted molar refractivity (Wildman–Crippen MR) is 112 cm³/mol. The van der Waals surface area contributed by atoms with Gasteiger partial charge >= 0.3 is 5.97 Å². The third-order valence-corrected chi connectivity index (χ3v) is 6.73. The maximum atomic E-state index is 11.6. The minimum atomic E-state index is -0.175. The summed E-state index contributed by atoms with van der Waals surface area (Å²) >= 11 is 0. The predicted octanol–water partition coefficient (Wildman–Crippen LogP) is 6.59. The summed E-state index contributed by atoms with van der Waals surface area (Å²) in [6, 6.07) is 9.42. The van der Waals surface area contributed by atoms with Crippen LogP contribution in [0.2, 0.25) is 0 Å². The van der Waals surface area contributed by atoms with Crippen LogP contribution in [0.1, 0.15) is 88.7 Å². The third-order valence-electron chi connectivity index (χ3n) is 6.73. The lowest BCUT2D eigenvalue weighted by Gasteiger charge is -2.37. The van der Waals surface area contributed by atoms with Gasteiger partial charge < -0.3 is 4.74 Å². The van der Waals surface area contributed by atoms with E-state index in [-0.39, 0.29) is 12.1 Å². The lowest BCUT2D eigenvalue weighted by molar-refractivity contribution is -0.145. The van der Waals surface area contributed by atoms with Crippen molar-refractivity contribution in [1.82, 2.24) is 0 Å². The van der Waals surface area contributed by atoms with E-state index in [0.717, 1.165) is 30.6 Å². The summed E-state index contributed by atoms with van der Waals surface area (Å²) in [5.74, 6) is 2.31. The van der Waals surface area contributed by atoms with Gasteiger partial charge in [0.15, 0.2) is 0 Å². The van der Waals surface area contributed by atoms with E-state index >= 15 is 0 Å². The number of rotatable bonds is 6. The van der Waals surface area contributed by atoms with E-state index in [1.165, 1.54) is 63.0 Å². The zero-order valence-electron chi connectivity index (χ0n) is 17.2. The molecule has 0 aliphatic heterocycles. The molecule has 0 radical (unpaired) electrons. The molecule has 2 saturated carbocycles. The van der Waals surface area contributed by atoms with Gasteiger partial charge in [-0.2, -0.15) is 0 Å². The number of hydrogen-bond acceptors (Lipinski definition) is 2. The van der Waals surface area contributed by atoms with Crippen LogP contribution >= 0.6 is 0 Å². The van der Waals surface area contributed by atoms with E-state index in [1.54, 1.807) is 11.6 Å². The summed E-state index contributed by atoms with van der Waals surface area (Å²) < 4.78 is 5.54. The Labute approximate surface area is 165 Å². The quantitative estimate of drug-likeness (QED) is 0.418. The summed E-state index contributed by atoms with van der Waals surface area (Å²) in [6.45, 7) is 4.10. The van der Waals surface area contributed by atoms with Crippen molar-refractivity contribution < 1.29 is 9.53 Å². The van der Waals surface area contributed by atoms with E-state index in [4.69, 9.17) is 4.74 Å². The van der Waals surface area contributed by atoms with Gasteiger partial charge in [-0.05, 0) is 93.6 Å². The van der Waals surface area contributed by atoms with Crippen LogP contribution in [0.5, 0.6) is 0 Å². The monoisotopic (exact) mass is 368 g/mol. The van der Waals surface area contributed by atoms with Crippen molar-refractivity contribution in [3.8, 4) is 0 Å². The van der Waals surface area contributed by atoms with Gasteiger partial charge in [0.2, 0.25) is 0 Å². The highest BCUT2D eigenvalue weighted by Crippen LogP contribution is 2.43. The van der Waals surface area contributed by atoms with Crippen molar-refractivity contribution in [3.05, 3.63) is 47.5 Å². The summed E-state index contributed by atoms with van der Waals surface area (Å²) in [6.07, 6.45) is 15.8. The molecule has 2 heteroatoms. The van der Waals surface area contributed by atoms with Gasteiger partial charge in [-0.15, -0.1) is 0 Å². The van der Waals surface area contributed by atoms with Gasteiger partial charge in [0.05, 0.1) is 0 Å². The lowest BCUT2D eigenvalue weighted by atomic mass is 9.69. The molecule has 1 aromatic rings. The molecule has 0 amide bonds. The molecule has 0 heterocycles. The molecule has 2 aliphatic carbocycles. The Balaban J connectivity index is 1.42. The number of ether oxygens (including phenoxy) is 1. The van der Waals surface area contributed by atoms with Crippen LogP contribution in [0.4, 0.5) is 0 Å². The fourth-order valence-electron chi connectivity index (χ4n) is 5.19. The maximum absolute atomic E-state index is 11.6. The number of aryl methyl sites for hydroxylation is 1. The van der Waals surface area contributed by atoms with Crippen LogP contribution in [-0.4, -0.2) is 12.1 Å². The minimum Gasteiger partial charge on any atom is -0.459 e. The normalized spacial score (nSPS) is 29.0. The Morgan fingerprint density at radius 1 is 0.963 bits per heavy atom. The van der Waals surface area contributed by atoms with Crippen molar-refractivity contribution >= 4 is 5.97 Å². The summed E-state index contributed by atoms with van der Waals surface area (Å²) in [7, 11) is 0. The Kier molecular flexibility index (Phi) is 7.55. The van der Waals surface area contributed by atoms with Crippen molar-refractivity contribution in [3.63, 3.8) is 0 Å². The highest BCUT2D eigenvalue weighted by molar-refractivity contribution is 5.81. The van der Waals surface area contributed by atoms with E-state index in [1.807, 2.05) is 6.92 Å². The molecule has 3 rings (SSSR count). The van der Waals surface area contributed by atoms with Crippen molar-refractivity contribution in [2.24, 2.45) is 11.8 Å². The Morgan fingerprint density at radius 3 is 2.11 bits per heavy atom. The maximum Gasteiger partial charge on any atom is 0.330 e. The average molecular weight is 369 g/mol. The Hall–Kier alpha value is -1.57. The van der Waals surface area contributed by atoms with Crippen LogP contribution in [0.15, 0.2) is 36.4 Å². The van der Waals surface area contributed by atoms with E-state index in [2.05, 4.69) is 31.2 Å². The number of benzene rings is 1. The standard InChI is InChI=1S/C25H36O2/c1-3-5-19-7-9-20(10-8-19)21-11-13-22(14-12-21)23-15-17-24(18-16-23)27-25(26)6-4-2/h4,6-10,21-24H,3,5,11-18H2,1-2H3. The molecule has 2 fully saturated rings. The van der Waals surface area contributed by atoms with Crippen LogP contribution in [0, 0.1) is 11.8 Å². The topological polar surface area (TPSA) is 26.3 Å². The molecule has 2 nitrogen and oxygen atoms in total. The molecule has 27 heavy (non-hydrogen) atoms. The second-order valence-corrected chi connectivity index (χ2v) is 8.58. The van der Waals surface area contributed by atoms with Gasteiger partial charge in [-0.3, -0.25) is 0 Å². The van der Waals surface area contributed by atoms with Gasteiger partial charge in [0.1, 0.15) is 6.10 Å². The van der Waals surface area contributed by atoms with Crippen molar-refractivity contribution in [2.75, 3.05) is 0 Å². The first-order valence-corrected chi connectivity index (χ1v) is 11.1. The van der Waals surface area contributed by atoms with E-state index in [0.29, 0.717) is 0 Å². The van der Waals surface area contributed by atoms with Crippen LogP contribution in [0.3, 0.4) is 0 Å². The Morgan fingerprint density at radius 2 is 1.56 bits per heavy atom. The van der Waals surface area contributed by atoms with Crippen LogP contribution < -0.4 is 0 Å². The van der Waals surface area contributed by atoms with Gasteiger partial charge in [-0.1, -0.05) is 43.7 Å². The molecule has 2 aliphatic rings. The summed E-state index contributed by atoms with van der Waals surface area (Å²) in [4.78, 5) is 11.6. The molecule has 0 spiro atoms. The SMILES string of the molecule is CC=CC(=O)OC1CCC(C2CCC(c3ccc(CCC)cc3)CC2)CC1. The molecule has 0 unspecified atom stereocenters. The summed E-state index contributed by atoms with van der Waals surface area (Å²) in [5.41, 5.74) is 3.02. The fourth-order valence-corrected chi connectivity index (χ4v) is 5.19. The molecule has 0 atom stereocenters. The highest BCUT2D eigenvalue weighted by Gasteiger charge is 2.32. The second-order valence-electron chi connectivity index (χ2n) is 8.58. The van der Waals surface area contributed by atoms with Crippen molar-refractivity contribution in [1.29, 1.82) is 0 Å². The number of esters is 1. The molecular formula is C25H36O2. The number of hydrogen-bond donors (Lipinski definition) is 0. The zero-order valence-corrected chi connectivity index (χ0v) is 17.2. The molecule has 148 valence electrons. The molecule has 0 bridgehead atoms. The smallest absolute Gasteiger partial charge is 0.330 e. The number of carbonyl (C=O) groups excluding carboxylic acids is 1. The zero-order chi connectivity index (χ0) is 19.1. The molecule has 1 aromatic carbocycles. The number of carbonyl (C=O) groups is 1. The first-order valence-electron chi connectivity index (χ1n) is 11.1. The average Bonchev–Trinajstić information content (AvgIpc) is 2.70. The second kappa shape index (κ2) is 10.1. The number of allylic oxidation sites excluding steroid dienone is 1. The Bertz CT molecular complexity index is 600. The van der Waals surface area contributed by atoms with Crippen molar-refractivity contribution in [2.45, 2.75) is 90.1 Å². The first kappa shape index (κ1) is 20.2. The highest BCUT2D eigenvalue weighted by atomic mass is 16.5.